The summed E-state index contributed by atoms with van der Waals surface area (Å²) in [6.07, 6.45) is 5.60. The van der Waals surface area contributed by atoms with Crippen molar-refractivity contribution < 1.29 is 14.0 Å². The number of carbonyl (C=O) groups excluding carboxylic acids is 2. The van der Waals surface area contributed by atoms with E-state index in [-0.39, 0.29) is 23.3 Å². The second-order valence-electron chi connectivity index (χ2n) is 7.23. The molecular formula is C21H31FN2O2. The molecule has 1 aliphatic heterocycles. The zero-order valence-corrected chi connectivity index (χ0v) is 16.0. The molecule has 0 aromatic heterocycles. The molecule has 26 heavy (non-hydrogen) atoms. The highest BCUT2D eigenvalue weighted by Gasteiger charge is 2.26. The second kappa shape index (κ2) is 10.3. The van der Waals surface area contributed by atoms with Gasteiger partial charge in [-0.1, -0.05) is 38.8 Å². The first-order valence-corrected chi connectivity index (χ1v) is 9.88. The van der Waals surface area contributed by atoms with E-state index in [1.807, 2.05) is 0 Å². The van der Waals surface area contributed by atoms with Crippen LogP contribution in [0.4, 0.5) is 4.39 Å². The Kier molecular flexibility index (Phi) is 8.07. The van der Waals surface area contributed by atoms with Gasteiger partial charge in [-0.3, -0.25) is 9.59 Å². The zero-order valence-electron chi connectivity index (χ0n) is 16.0. The van der Waals surface area contributed by atoms with E-state index in [9.17, 15) is 14.0 Å². The highest BCUT2D eigenvalue weighted by molar-refractivity contribution is 5.94. The Labute approximate surface area is 156 Å². The van der Waals surface area contributed by atoms with Crippen molar-refractivity contribution >= 4 is 11.8 Å². The Hall–Kier alpha value is -1.91. The molecule has 0 bridgehead atoms. The van der Waals surface area contributed by atoms with E-state index >= 15 is 0 Å². The van der Waals surface area contributed by atoms with E-state index in [1.165, 1.54) is 12.1 Å². The molecule has 1 fully saturated rings. The first kappa shape index (κ1) is 20.4. The molecule has 1 saturated heterocycles. The lowest BCUT2D eigenvalue weighted by Gasteiger charge is -2.32. The maximum atomic E-state index is 13.8. The number of halogens is 1. The molecule has 1 aromatic rings. The predicted octanol–water partition coefficient (Wildman–Crippen LogP) is 4.01. The van der Waals surface area contributed by atoms with Crippen LogP contribution in [0.1, 0.15) is 62.7 Å². The Bertz CT molecular complexity index is 591. The van der Waals surface area contributed by atoms with Crippen LogP contribution in [0.3, 0.4) is 0 Å². The predicted molar refractivity (Wildman–Crippen MR) is 101 cm³/mol. The number of amides is 2. The third kappa shape index (κ3) is 5.55. The Morgan fingerprint density at radius 2 is 1.77 bits per heavy atom. The van der Waals surface area contributed by atoms with Crippen LogP contribution in [0.25, 0.3) is 0 Å². The lowest BCUT2D eigenvalue weighted by atomic mass is 9.94. The second-order valence-corrected chi connectivity index (χ2v) is 7.23. The monoisotopic (exact) mass is 362 g/mol. The van der Waals surface area contributed by atoms with Crippen LogP contribution in [0.15, 0.2) is 24.3 Å². The van der Waals surface area contributed by atoms with E-state index in [0.717, 1.165) is 38.5 Å². The van der Waals surface area contributed by atoms with Crippen LogP contribution in [-0.4, -0.2) is 36.3 Å². The molecule has 0 radical (unpaired) electrons. The number of carbonyl (C=O) groups is 2. The quantitative estimate of drug-likeness (QED) is 0.760. The molecule has 0 atom stereocenters. The minimum atomic E-state index is -0.468. The van der Waals surface area contributed by atoms with Crippen LogP contribution >= 0.6 is 0 Å². The summed E-state index contributed by atoms with van der Waals surface area (Å²) in [5, 5.41) is 3.10. The van der Waals surface area contributed by atoms with Gasteiger partial charge in [0.15, 0.2) is 0 Å². The van der Waals surface area contributed by atoms with Crippen LogP contribution < -0.4 is 5.32 Å². The van der Waals surface area contributed by atoms with Crippen molar-refractivity contribution in [1.29, 1.82) is 0 Å². The number of hydrogen-bond donors (Lipinski definition) is 1. The zero-order chi connectivity index (χ0) is 18.9. The van der Waals surface area contributed by atoms with E-state index in [0.29, 0.717) is 25.6 Å². The number of nitrogens with zero attached hydrogens (tertiary/aromatic N) is 1. The van der Waals surface area contributed by atoms with E-state index < -0.39 is 5.82 Å². The van der Waals surface area contributed by atoms with Crippen molar-refractivity contribution in [1.82, 2.24) is 10.2 Å². The van der Waals surface area contributed by atoms with Crippen LogP contribution in [0.5, 0.6) is 0 Å². The van der Waals surface area contributed by atoms with Gasteiger partial charge in [-0.2, -0.15) is 0 Å². The molecule has 4 nitrogen and oxygen atoms in total. The van der Waals surface area contributed by atoms with Crippen LogP contribution in [0.2, 0.25) is 0 Å². The van der Waals surface area contributed by atoms with E-state index in [1.54, 1.807) is 17.0 Å². The smallest absolute Gasteiger partial charge is 0.256 e. The molecule has 0 aliphatic carbocycles. The fraction of sp³-hybridized carbons (Fsp3) is 0.619. The van der Waals surface area contributed by atoms with Crippen LogP contribution in [0, 0.1) is 17.7 Å². The number of likely N-dealkylation sites (tertiary alicyclic amines) is 1. The maximum Gasteiger partial charge on any atom is 0.256 e. The average Bonchev–Trinajstić information content (AvgIpc) is 2.66. The summed E-state index contributed by atoms with van der Waals surface area (Å²) >= 11 is 0. The molecule has 2 amide bonds. The average molecular weight is 362 g/mol. The number of nitrogens with one attached hydrogen (secondary N) is 1. The van der Waals surface area contributed by atoms with Crippen molar-refractivity contribution in [3.8, 4) is 0 Å². The molecule has 1 N–H and O–H groups in total. The highest BCUT2D eigenvalue weighted by atomic mass is 19.1. The summed E-state index contributed by atoms with van der Waals surface area (Å²) in [7, 11) is 0. The molecule has 5 heteroatoms. The van der Waals surface area contributed by atoms with Gasteiger partial charge in [0, 0.05) is 25.6 Å². The molecule has 2 rings (SSSR count). The van der Waals surface area contributed by atoms with Crippen molar-refractivity contribution in [2.24, 2.45) is 11.8 Å². The van der Waals surface area contributed by atoms with Crippen molar-refractivity contribution in [2.45, 2.75) is 52.4 Å². The summed E-state index contributed by atoms with van der Waals surface area (Å²) in [6.45, 7) is 6.11. The maximum absolute atomic E-state index is 13.8. The standard InChI is InChI=1S/C21H31FN2O2/c1-3-7-17(8-4-2)20(25)23-15-16-11-13-24(14-12-16)21(26)18-9-5-6-10-19(18)22/h5-6,9-10,16-17H,3-4,7-8,11-15H2,1-2H3,(H,23,25). The summed E-state index contributed by atoms with van der Waals surface area (Å²) < 4.78 is 13.8. The Balaban J connectivity index is 1.79. The lowest BCUT2D eigenvalue weighted by Crippen LogP contribution is -2.42. The van der Waals surface area contributed by atoms with Crippen molar-refractivity contribution in [3.63, 3.8) is 0 Å². The van der Waals surface area contributed by atoms with Gasteiger partial charge in [-0.25, -0.2) is 4.39 Å². The number of rotatable bonds is 8. The van der Waals surface area contributed by atoms with Gasteiger partial charge < -0.3 is 10.2 Å². The minimum absolute atomic E-state index is 0.118. The largest absolute Gasteiger partial charge is 0.356 e. The van der Waals surface area contributed by atoms with Crippen molar-refractivity contribution in [3.05, 3.63) is 35.6 Å². The molecule has 144 valence electrons. The molecule has 0 spiro atoms. The number of piperidine rings is 1. The first-order chi connectivity index (χ1) is 12.6. The number of hydrogen-bond acceptors (Lipinski definition) is 2. The summed E-state index contributed by atoms with van der Waals surface area (Å²) in [5.41, 5.74) is 0.140. The SMILES string of the molecule is CCCC(CCC)C(=O)NCC1CCN(C(=O)c2ccccc2F)CC1. The molecular weight excluding hydrogens is 331 g/mol. The van der Waals surface area contributed by atoms with Crippen LogP contribution in [-0.2, 0) is 4.79 Å². The highest BCUT2D eigenvalue weighted by Crippen LogP contribution is 2.20. The Morgan fingerprint density at radius 1 is 1.15 bits per heavy atom. The van der Waals surface area contributed by atoms with Gasteiger partial charge in [0.2, 0.25) is 5.91 Å². The van der Waals surface area contributed by atoms with Gasteiger partial charge in [-0.05, 0) is 43.7 Å². The third-order valence-electron chi connectivity index (χ3n) is 5.22. The summed E-state index contributed by atoms with van der Waals surface area (Å²) in [6, 6.07) is 6.12. The topological polar surface area (TPSA) is 49.4 Å². The first-order valence-electron chi connectivity index (χ1n) is 9.88. The molecule has 0 unspecified atom stereocenters. The molecule has 0 saturated carbocycles. The number of benzene rings is 1. The normalized spacial score (nSPS) is 15.3. The van der Waals surface area contributed by atoms with E-state index in [4.69, 9.17) is 0 Å². The van der Waals surface area contributed by atoms with Gasteiger partial charge in [0.05, 0.1) is 5.56 Å². The van der Waals surface area contributed by atoms with E-state index in [2.05, 4.69) is 19.2 Å². The van der Waals surface area contributed by atoms with Gasteiger partial charge in [0.1, 0.15) is 5.82 Å². The summed E-state index contributed by atoms with van der Waals surface area (Å²) in [4.78, 5) is 26.5. The fourth-order valence-electron chi connectivity index (χ4n) is 3.64. The minimum Gasteiger partial charge on any atom is -0.356 e. The van der Waals surface area contributed by atoms with Gasteiger partial charge >= 0.3 is 0 Å². The molecule has 1 heterocycles. The third-order valence-corrected chi connectivity index (χ3v) is 5.22. The van der Waals surface area contributed by atoms with Crippen molar-refractivity contribution in [2.75, 3.05) is 19.6 Å². The fourth-order valence-corrected chi connectivity index (χ4v) is 3.64. The lowest BCUT2D eigenvalue weighted by molar-refractivity contribution is -0.125. The van der Waals surface area contributed by atoms with Gasteiger partial charge in [-0.15, -0.1) is 0 Å². The molecule has 1 aromatic carbocycles. The van der Waals surface area contributed by atoms with Gasteiger partial charge in [0.25, 0.3) is 5.91 Å². The summed E-state index contributed by atoms with van der Waals surface area (Å²) in [5.74, 6) is -0.0415. The Morgan fingerprint density at radius 3 is 2.35 bits per heavy atom. The molecule has 1 aliphatic rings.